The molecule has 1 saturated heterocycles. The summed E-state index contributed by atoms with van der Waals surface area (Å²) in [6.45, 7) is 2.10. The summed E-state index contributed by atoms with van der Waals surface area (Å²) < 4.78 is 0. The Morgan fingerprint density at radius 1 is 1.42 bits per heavy atom. The topological polar surface area (TPSA) is 86.8 Å². The number of hydrogen-bond acceptors (Lipinski definition) is 4. The van der Waals surface area contributed by atoms with Gasteiger partial charge in [0.15, 0.2) is 0 Å². The third-order valence-corrected chi connectivity index (χ3v) is 3.70. The lowest BCUT2D eigenvalue weighted by atomic mass is 9.89. The van der Waals surface area contributed by atoms with Gasteiger partial charge in [-0.1, -0.05) is 12.1 Å². The van der Waals surface area contributed by atoms with E-state index in [9.17, 15) is 9.90 Å². The maximum Gasteiger partial charge on any atom is 0.321 e. The van der Waals surface area contributed by atoms with Gasteiger partial charge < -0.3 is 20.8 Å². The number of phenolic OH excluding ortho intramolecular Hbond substituents is 1. The number of rotatable bonds is 4. The molecule has 0 bridgehead atoms. The van der Waals surface area contributed by atoms with E-state index in [-0.39, 0.29) is 0 Å². The van der Waals surface area contributed by atoms with Crippen LogP contribution in [0.1, 0.15) is 24.3 Å². The molecular formula is C14H20N2O3. The zero-order valence-corrected chi connectivity index (χ0v) is 10.8. The second kappa shape index (κ2) is 6.04. The molecule has 0 spiro atoms. The third-order valence-electron chi connectivity index (χ3n) is 3.70. The number of carboxylic acids is 1. The Kier molecular flexibility index (Phi) is 4.39. The average molecular weight is 264 g/mol. The number of phenols is 1. The van der Waals surface area contributed by atoms with E-state index in [1.165, 1.54) is 0 Å². The van der Waals surface area contributed by atoms with E-state index in [1.807, 2.05) is 18.2 Å². The van der Waals surface area contributed by atoms with Gasteiger partial charge in [-0.15, -0.1) is 0 Å². The van der Waals surface area contributed by atoms with Gasteiger partial charge in [0.2, 0.25) is 0 Å². The standard InChI is InChI=1S/C14H20N2O3/c15-13(14(18)19)9-16-6-4-10(5-7-16)11-2-1-3-12(17)8-11/h1-3,8,10,13,17H,4-7,9,15H2,(H,18,19)/t13-/m1/s1. The Morgan fingerprint density at radius 3 is 2.68 bits per heavy atom. The lowest BCUT2D eigenvalue weighted by Crippen LogP contribution is -2.45. The number of hydrogen-bond donors (Lipinski definition) is 3. The van der Waals surface area contributed by atoms with Crippen LogP contribution >= 0.6 is 0 Å². The van der Waals surface area contributed by atoms with Crippen molar-refractivity contribution in [1.29, 1.82) is 0 Å². The van der Waals surface area contributed by atoms with E-state index in [1.54, 1.807) is 6.07 Å². The Morgan fingerprint density at radius 2 is 2.11 bits per heavy atom. The molecule has 1 aliphatic heterocycles. The van der Waals surface area contributed by atoms with Gasteiger partial charge in [0.25, 0.3) is 0 Å². The Hall–Kier alpha value is -1.59. The van der Waals surface area contributed by atoms with Crippen molar-refractivity contribution < 1.29 is 15.0 Å². The van der Waals surface area contributed by atoms with Crippen LogP contribution < -0.4 is 5.73 Å². The van der Waals surface area contributed by atoms with Crippen LogP contribution in [-0.2, 0) is 4.79 Å². The molecule has 2 rings (SSSR count). The predicted octanol–water partition coefficient (Wildman–Crippen LogP) is 0.983. The molecule has 0 amide bonds. The molecule has 1 aromatic rings. The van der Waals surface area contributed by atoms with Crippen molar-refractivity contribution in [3.8, 4) is 5.75 Å². The maximum atomic E-state index is 10.7. The molecule has 1 atom stereocenters. The quantitative estimate of drug-likeness (QED) is 0.754. The van der Waals surface area contributed by atoms with Gasteiger partial charge in [-0.05, 0) is 49.5 Å². The third kappa shape index (κ3) is 3.68. The molecule has 1 aliphatic rings. The molecular weight excluding hydrogens is 244 g/mol. The van der Waals surface area contributed by atoms with Gasteiger partial charge in [0.1, 0.15) is 11.8 Å². The van der Waals surface area contributed by atoms with Crippen molar-refractivity contribution in [3.63, 3.8) is 0 Å². The van der Waals surface area contributed by atoms with E-state index in [0.717, 1.165) is 31.5 Å². The number of piperidine rings is 1. The number of likely N-dealkylation sites (tertiary alicyclic amines) is 1. The summed E-state index contributed by atoms with van der Waals surface area (Å²) in [6, 6.07) is 6.56. The SMILES string of the molecule is N[C@H](CN1CCC(c2cccc(O)c2)CC1)C(=O)O. The zero-order chi connectivity index (χ0) is 13.8. The molecule has 0 aromatic heterocycles. The van der Waals surface area contributed by atoms with Gasteiger partial charge in [-0.2, -0.15) is 0 Å². The molecule has 1 fully saturated rings. The fourth-order valence-electron chi connectivity index (χ4n) is 2.58. The number of aliphatic carboxylic acids is 1. The summed E-state index contributed by atoms with van der Waals surface area (Å²) in [7, 11) is 0. The first kappa shape index (κ1) is 13.8. The summed E-state index contributed by atoms with van der Waals surface area (Å²) in [6.07, 6.45) is 1.94. The van der Waals surface area contributed by atoms with Crippen LogP contribution in [0.15, 0.2) is 24.3 Å². The van der Waals surface area contributed by atoms with Crippen molar-refractivity contribution >= 4 is 5.97 Å². The largest absolute Gasteiger partial charge is 0.508 e. The van der Waals surface area contributed by atoms with E-state index < -0.39 is 12.0 Å². The maximum absolute atomic E-state index is 10.7. The van der Waals surface area contributed by atoms with Crippen LogP contribution in [0, 0.1) is 0 Å². The molecule has 104 valence electrons. The van der Waals surface area contributed by atoms with Gasteiger partial charge in [0.05, 0.1) is 0 Å². The highest BCUT2D eigenvalue weighted by Crippen LogP contribution is 2.29. The van der Waals surface area contributed by atoms with Crippen LogP contribution in [0.2, 0.25) is 0 Å². The highest BCUT2D eigenvalue weighted by atomic mass is 16.4. The second-order valence-corrected chi connectivity index (χ2v) is 5.11. The van der Waals surface area contributed by atoms with Crippen molar-refractivity contribution in [2.75, 3.05) is 19.6 Å². The first-order valence-electron chi connectivity index (χ1n) is 6.56. The average Bonchev–Trinajstić information content (AvgIpc) is 2.39. The number of carbonyl (C=O) groups is 1. The lowest BCUT2D eigenvalue weighted by molar-refractivity contribution is -0.139. The number of nitrogens with zero attached hydrogens (tertiary/aromatic N) is 1. The van der Waals surface area contributed by atoms with Crippen molar-refractivity contribution in [3.05, 3.63) is 29.8 Å². The van der Waals surface area contributed by atoms with Crippen molar-refractivity contribution in [2.24, 2.45) is 5.73 Å². The zero-order valence-electron chi connectivity index (χ0n) is 10.8. The highest BCUT2D eigenvalue weighted by Gasteiger charge is 2.23. The minimum absolute atomic E-state index is 0.299. The van der Waals surface area contributed by atoms with E-state index in [2.05, 4.69) is 4.90 Å². The van der Waals surface area contributed by atoms with Crippen molar-refractivity contribution in [1.82, 2.24) is 4.90 Å². The number of nitrogens with two attached hydrogens (primary N) is 1. The fourth-order valence-corrected chi connectivity index (χ4v) is 2.58. The van der Waals surface area contributed by atoms with E-state index in [4.69, 9.17) is 10.8 Å². The van der Waals surface area contributed by atoms with Crippen LogP contribution in [0.3, 0.4) is 0 Å². The Bertz CT molecular complexity index is 442. The summed E-state index contributed by atoms with van der Waals surface area (Å²) >= 11 is 0. The molecule has 19 heavy (non-hydrogen) atoms. The van der Waals surface area contributed by atoms with E-state index in [0.29, 0.717) is 18.2 Å². The highest BCUT2D eigenvalue weighted by molar-refractivity contribution is 5.73. The number of aromatic hydroxyl groups is 1. The molecule has 0 unspecified atom stereocenters. The summed E-state index contributed by atoms with van der Waals surface area (Å²) in [5.41, 5.74) is 6.69. The molecule has 1 aromatic carbocycles. The summed E-state index contributed by atoms with van der Waals surface area (Å²) in [5, 5.41) is 18.3. The smallest absolute Gasteiger partial charge is 0.321 e. The Labute approximate surface area is 112 Å². The first-order valence-corrected chi connectivity index (χ1v) is 6.56. The van der Waals surface area contributed by atoms with Crippen molar-refractivity contribution in [2.45, 2.75) is 24.8 Å². The molecule has 0 radical (unpaired) electrons. The van der Waals surface area contributed by atoms with Gasteiger partial charge in [0, 0.05) is 6.54 Å². The molecule has 1 heterocycles. The Balaban J connectivity index is 1.87. The fraction of sp³-hybridized carbons (Fsp3) is 0.500. The van der Waals surface area contributed by atoms with Crippen LogP contribution in [0.5, 0.6) is 5.75 Å². The lowest BCUT2D eigenvalue weighted by Gasteiger charge is -2.32. The molecule has 5 nitrogen and oxygen atoms in total. The van der Waals surface area contributed by atoms with E-state index >= 15 is 0 Å². The number of carboxylic acid groups (broad SMARTS) is 1. The monoisotopic (exact) mass is 264 g/mol. The minimum atomic E-state index is -0.949. The normalized spacial score (nSPS) is 19.2. The molecule has 4 N–H and O–H groups in total. The number of benzene rings is 1. The second-order valence-electron chi connectivity index (χ2n) is 5.11. The predicted molar refractivity (Wildman–Crippen MR) is 72.1 cm³/mol. The molecule has 0 aliphatic carbocycles. The van der Waals surface area contributed by atoms with Gasteiger partial charge in [-0.3, -0.25) is 4.79 Å². The van der Waals surface area contributed by atoms with Crippen LogP contribution in [0.25, 0.3) is 0 Å². The van der Waals surface area contributed by atoms with Crippen LogP contribution in [-0.4, -0.2) is 46.8 Å². The van der Waals surface area contributed by atoms with Gasteiger partial charge in [-0.25, -0.2) is 0 Å². The first-order chi connectivity index (χ1) is 9.06. The van der Waals surface area contributed by atoms with Crippen LogP contribution in [0.4, 0.5) is 0 Å². The van der Waals surface area contributed by atoms with Gasteiger partial charge >= 0.3 is 5.97 Å². The molecule has 0 saturated carbocycles. The minimum Gasteiger partial charge on any atom is -0.508 e. The summed E-state index contributed by atoms with van der Waals surface area (Å²) in [4.78, 5) is 12.8. The summed E-state index contributed by atoms with van der Waals surface area (Å²) in [5.74, 6) is -0.215. The molecule has 5 heteroatoms.